The second kappa shape index (κ2) is 6.36. The maximum absolute atomic E-state index is 11.2. The molecule has 0 bridgehead atoms. The zero-order valence-electron chi connectivity index (χ0n) is 11.3. The van der Waals surface area contributed by atoms with E-state index >= 15 is 0 Å². The number of nitrogens with one attached hydrogen (secondary N) is 1. The Hall–Kier alpha value is -1.73. The Morgan fingerprint density at radius 3 is 2.76 bits per heavy atom. The Balaban J connectivity index is 2.37. The molecule has 0 saturated heterocycles. The van der Waals surface area contributed by atoms with Gasteiger partial charge in [0.2, 0.25) is 11.1 Å². The quantitative estimate of drug-likeness (QED) is 0.493. The summed E-state index contributed by atoms with van der Waals surface area (Å²) >= 11 is 9.18. The molecule has 1 atom stereocenters. The highest BCUT2D eigenvalue weighted by molar-refractivity contribution is 9.10. The van der Waals surface area contributed by atoms with Crippen LogP contribution in [0.25, 0.3) is 0 Å². The Morgan fingerprint density at radius 2 is 2.14 bits per heavy atom. The number of hydrogen-bond donors (Lipinski definition) is 1. The van der Waals surface area contributed by atoms with Gasteiger partial charge in [0.25, 0.3) is 0 Å². The van der Waals surface area contributed by atoms with E-state index in [1.165, 1.54) is 6.92 Å². The molecular weight excluding hydrogens is 360 g/mol. The van der Waals surface area contributed by atoms with Gasteiger partial charge in [-0.3, -0.25) is 10.1 Å². The van der Waals surface area contributed by atoms with Crippen LogP contribution in [0, 0.1) is 17.0 Å². The number of hydrogen-bond acceptors (Lipinski definition) is 5. The zero-order chi connectivity index (χ0) is 15.6. The van der Waals surface area contributed by atoms with Gasteiger partial charge in [-0.2, -0.15) is 4.98 Å². The predicted molar refractivity (Wildman–Crippen MR) is 84.6 cm³/mol. The van der Waals surface area contributed by atoms with Crippen molar-refractivity contribution >= 4 is 39.0 Å². The minimum atomic E-state index is -0.512. The minimum Gasteiger partial charge on any atom is -0.358 e. The number of aryl methyl sites for hydroxylation is 1. The lowest BCUT2D eigenvalue weighted by Gasteiger charge is -2.15. The predicted octanol–water partition coefficient (Wildman–Crippen LogP) is 4.28. The number of rotatable bonds is 4. The highest BCUT2D eigenvalue weighted by atomic mass is 79.9. The first-order valence-electron chi connectivity index (χ1n) is 6.09. The third-order valence-corrected chi connectivity index (χ3v) is 3.58. The molecular formula is C13H12BrClN4O2. The fourth-order valence-corrected chi connectivity index (χ4v) is 2.54. The van der Waals surface area contributed by atoms with Gasteiger partial charge in [-0.05, 0) is 43.1 Å². The van der Waals surface area contributed by atoms with Gasteiger partial charge in [0.05, 0.1) is 11.0 Å². The summed E-state index contributed by atoms with van der Waals surface area (Å²) in [6.07, 6.45) is 0. The van der Waals surface area contributed by atoms with Crippen LogP contribution >= 0.6 is 27.5 Å². The van der Waals surface area contributed by atoms with E-state index in [2.05, 4.69) is 31.2 Å². The molecule has 1 N–H and O–H groups in total. The van der Waals surface area contributed by atoms with Crippen LogP contribution in [0.1, 0.15) is 24.2 Å². The Labute approximate surface area is 134 Å². The van der Waals surface area contributed by atoms with E-state index in [4.69, 9.17) is 11.6 Å². The van der Waals surface area contributed by atoms with E-state index in [0.717, 1.165) is 10.0 Å². The maximum Gasteiger partial charge on any atom is 0.332 e. The van der Waals surface area contributed by atoms with E-state index in [-0.39, 0.29) is 28.5 Å². The van der Waals surface area contributed by atoms with Crippen molar-refractivity contribution in [2.75, 3.05) is 5.32 Å². The Kier molecular flexibility index (Phi) is 4.74. The third-order valence-electron chi connectivity index (χ3n) is 2.92. The molecule has 1 heterocycles. The summed E-state index contributed by atoms with van der Waals surface area (Å²) in [5.41, 5.74) is 1.02. The fraction of sp³-hybridized carbons (Fsp3) is 0.231. The van der Waals surface area contributed by atoms with Gasteiger partial charge in [-0.1, -0.05) is 28.1 Å². The highest BCUT2D eigenvalue weighted by Gasteiger charge is 2.23. The van der Waals surface area contributed by atoms with E-state index in [1.807, 2.05) is 31.2 Å². The molecule has 6 nitrogen and oxygen atoms in total. The molecule has 0 saturated carbocycles. The molecule has 110 valence electrons. The molecule has 1 unspecified atom stereocenters. The summed E-state index contributed by atoms with van der Waals surface area (Å²) in [5.74, 6) is 0.116. The molecule has 0 radical (unpaired) electrons. The molecule has 2 rings (SSSR count). The summed E-state index contributed by atoms with van der Waals surface area (Å²) in [4.78, 5) is 18.4. The molecule has 0 fully saturated rings. The molecule has 21 heavy (non-hydrogen) atoms. The van der Waals surface area contributed by atoms with Crippen molar-refractivity contribution in [3.63, 3.8) is 0 Å². The molecule has 1 aromatic carbocycles. The summed E-state index contributed by atoms with van der Waals surface area (Å²) < 4.78 is 0.931. The first-order chi connectivity index (χ1) is 9.88. The van der Waals surface area contributed by atoms with Crippen LogP contribution in [0.15, 0.2) is 28.7 Å². The molecule has 0 aliphatic heterocycles. The molecule has 0 aliphatic carbocycles. The van der Waals surface area contributed by atoms with Crippen molar-refractivity contribution < 1.29 is 4.92 Å². The summed E-state index contributed by atoms with van der Waals surface area (Å²) in [6.45, 7) is 3.41. The number of nitro groups is 1. The summed E-state index contributed by atoms with van der Waals surface area (Å²) in [5, 5.41) is 14.2. The smallest absolute Gasteiger partial charge is 0.332 e. The lowest BCUT2D eigenvalue weighted by atomic mass is 10.1. The number of benzene rings is 1. The van der Waals surface area contributed by atoms with Gasteiger partial charge >= 0.3 is 5.69 Å². The third kappa shape index (κ3) is 3.68. The summed E-state index contributed by atoms with van der Waals surface area (Å²) in [6, 6.07) is 7.48. The van der Waals surface area contributed by atoms with Gasteiger partial charge in [0.15, 0.2) is 0 Å². The number of halogens is 2. The van der Waals surface area contributed by atoms with E-state index < -0.39 is 4.92 Å². The first kappa shape index (κ1) is 15.7. The van der Waals surface area contributed by atoms with E-state index in [1.54, 1.807) is 0 Å². The molecule has 8 heteroatoms. The van der Waals surface area contributed by atoms with Gasteiger partial charge in [-0.15, -0.1) is 0 Å². The van der Waals surface area contributed by atoms with Crippen LogP contribution in [-0.2, 0) is 0 Å². The van der Waals surface area contributed by atoms with Crippen molar-refractivity contribution in [1.29, 1.82) is 0 Å². The highest BCUT2D eigenvalue weighted by Crippen LogP contribution is 2.30. The monoisotopic (exact) mass is 370 g/mol. The second-order valence-corrected chi connectivity index (χ2v) is 5.71. The topological polar surface area (TPSA) is 81.0 Å². The van der Waals surface area contributed by atoms with Gasteiger partial charge in [0.1, 0.15) is 5.69 Å². The van der Waals surface area contributed by atoms with Crippen molar-refractivity contribution in [3.05, 3.63) is 55.4 Å². The SMILES string of the molecule is Cc1nc(Cl)nc(NC(C)c2cccc(Br)c2)c1[N+](=O)[O-]. The lowest BCUT2D eigenvalue weighted by molar-refractivity contribution is -0.385. The van der Waals surface area contributed by atoms with Gasteiger partial charge in [0, 0.05) is 4.47 Å². The normalized spacial score (nSPS) is 12.0. The van der Waals surface area contributed by atoms with E-state index in [0.29, 0.717) is 0 Å². The minimum absolute atomic E-state index is 0.0259. The van der Waals surface area contributed by atoms with Crippen LogP contribution in [0.4, 0.5) is 11.5 Å². The van der Waals surface area contributed by atoms with Crippen molar-refractivity contribution in [1.82, 2.24) is 9.97 Å². The zero-order valence-corrected chi connectivity index (χ0v) is 13.6. The maximum atomic E-state index is 11.2. The number of nitrogens with zero attached hydrogens (tertiary/aromatic N) is 3. The Bertz CT molecular complexity index is 696. The molecule has 0 aliphatic rings. The van der Waals surface area contributed by atoms with Crippen LogP contribution < -0.4 is 5.32 Å². The largest absolute Gasteiger partial charge is 0.358 e. The number of anilines is 1. The first-order valence-corrected chi connectivity index (χ1v) is 7.26. The molecule has 1 aromatic heterocycles. The summed E-state index contributed by atoms with van der Waals surface area (Å²) in [7, 11) is 0. The average Bonchev–Trinajstić information content (AvgIpc) is 2.37. The Morgan fingerprint density at radius 1 is 1.43 bits per heavy atom. The van der Waals surface area contributed by atoms with Crippen LogP contribution in [0.3, 0.4) is 0 Å². The van der Waals surface area contributed by atoms with Crippen LogP contribution in [0.5, 0.6) is 0 Å². The second-order valence-electron chi connectivity index (χ2n) is 4.45. The lowest BCUT2D eigenvalue weighted by Crippen LogP contribution is -2.11. The molecule has 0 spiro atoms. The van der Waals surface area contributed by atoms with Crippen LogP contribution in [-0.4, -0.2) is 14.9 Å². The van der Waals surface area contributed by atoms with Gasteiger partial charge < -0.3 is 5.32 Å². The average molecular weight is 372 g/mol. The van der Waals surface area contributed by atoms with Crippen LogP contribution in [0.2, 0.25) is 5.28 Å². The van der Waals surface area contributed by atoms with Crippen molar-refractivity contribution in [2.45, 2.75) is 19.9 Å². The standard InChI is InChI=1S/C13H12BrClN4O2/c1-7(9-4-3-5-10(14)6-9)16-12-11(19(20)21)8(2)17-13(15)18-12/h3-7H,1-2H3,(H,16,17,18). The molecule has 2 aromatic rings. The molecule has 0 amide bonds. The van der Waals surface area contributed by atoms with Gasteiger partial charge in [-0.25, -0.2) is 4.98 Å². The number of aromatic nitrogens is 2. The van der Waals surface area contributed by atoms with Crippen molar-refractivity contribution in [3.8, 4) is 0 Å². The fourth-order valence-electron chi connectivity index (χ4n) is 1.92. The van der Waals surface area contributed by atoms with Crippen molar-refractivity contribution in [2.24, 2.45) is 0 Å². The van der Waals surface area contributed by atoms with E-state index in [9.17, 15) is 10.1 Å².